The van der Waals surface area contributed by atoms with Crippen molar-refractivity contribution in [2.45, 2.75) is 39.5 Å². The number of carboxylic acids is 1. The Bertz CT molecular complexity index is 537. The number of nitrogens with one attached hydrogen (secondary N) is 1. The minimum absolute atomic E-state index is 0.0906. The molecule has 1 aliphatic rings. The molecule has 0 aromatic heterocycles. The van der Waals surface area contributed by atoms with Crippen LogP contribution in [0.3, 0.4) is 0 Å². The lowest BCUT2D eigenvalue weighted by atomic mass is 9.81. The maximum absolute atomic E-state index is 12.2. The van der Waals surface area contributed by atoms with Crippen molar-refractivity contribution in [2.75, 3.05) is 6.54 Å². The SMILES string of the molecule is CC1(C)CCCC1C(=O)NCCc1cccc(C(=O)O)c1. The Labute approximate surface area is 125 Å². The second kappa shape index (κ2) is 6.29. The molecule has 1 atom stereocenters. The zero-order valence-electron chi connectivity index (χ0n) is 12.7. The summed E-state index contributed by atoms with van der Waals surface area (Å²) >= 11 is 0. The molecule has 1 amide bonds. The molecule has 1 saturated carbocycles. The minimum Gasteiger partial charge on any atom is -0.478 e. The molecular formula is C17H23NO3. The highest BCUT2D eigenvalue weighted by molar-refractivity contribution is 5.87. The summed E-state index contributed by atoms with van der Waals surface area (Å²) in [5, 5.41) is 11.9. The lowest BCUT2D eigenvalue weighted by Gasteiger charge is -2.25. The van der Waals surface area contributed by atoms with Crippen LogP contribution in [0.15, 0.2) is 24.3 Å². The highest BCUT2D eigenvalue weighted by Gasteiger charge is 2.38. The third-order valence-electron chi connectivity index (χ3n) is 4.46. The Kier molecular flexibility index (Phi) is 4.66. The van der Waals surface area contributed by atoms with Crippen LogP contribution in [-0.2, 0) is 11.2 Å². The van der Waals surface area contributed by atoms with E-state index in [1.165, 1.54) is 0 Å². The fourth-order valence-corrected chi connectivity index (χ4v) is 3.13. The Morgan fingerprint density at radius 1 is 1.38 bits per heavy atom. The lowest BCUT2D eigenvalue weighted by Crippen LogP contribution is -2.37. The monoisotopic (exact) mass is 289 g/mol. The molecule has 0 heterocycles. The number of carbonyl (C=O) groups excluding carboxylic acids is 1. The highest BCUT2D eigenvalue weighted by atomic mass is 16.4. The zero-order valence-corrected chi connectivity index (χ0v) is 12.7. The first-order valence-electron chi connectivity index (χ1n) is 7.50. The third kappa shape index (κ3) is 3.84. The van der Waals surface area contributed by atoms with E-state index in [2.05, 4.69) is 19.2 Å². The van der Waals surface area contributed by atoms with Crippen molar-refractivity contribution in [1.29, 1.82) is 0 Å². The van der Waals surface area contributed by atoms with Crippen molar-refractivity contribution in [1.82, 2.24) is 5.32 Å². The molecule has 0 aliphatic heterocycles. The van der Waals surface area contributed by atoms with Gasteiger partial charge in [-0.25, -0.2) is 4.79 Å². The summed E-state index contributed by atoms with van der Waals surface area (Å²) in [6.45, 7) is 4.86. The summed E-state index contributed by atoms with van der Waals surface area (Å²) in [5.74, 6) is -0.691. The van der Waals surface area contributed by atoms with E-state index >= 15 is 0 Å². The van der Waals surface area contributed by atoms with Gasteiger partial charge in [-0.2, -0.15) is 0 Å². The van der Waals surface area contributed by atoms with E-state index in [0.717, 1.165) is 24.8 Å². The summed E-state index contributed by atoms with van der Waals surface area (Å²) in [7, 11) is 0. The fraction of sp³-hybridized carbons (Fsp3) is 0.529. The summed E-state index contributed by atoms with van der Waals surface area (Å²) in [5.41, 5.74) is 1.31. The van der Waals surface area contributed by atoms with E-state index in [1.807, 2.05) is 6.07 Å². The number of carboxylic acid groups (broad SMARTS) is 1. The average Bonchev–Trinajstić information content (AvgIpc) is 2.78. The molecule has 1 aliphatic carbocycles. The van der Waals surface area contributed by atoms with E-state index in [1.54, 1.807) is 18.2 Å². The number of amides is 1. The molecule has 21 heavy (non-hydrogen) atoms. The van der Waals surface area contributed by atoms with Gasteiger partial charge in [0.2, 0.25) is 5.91 Å². The van der Waals surface area contributed by atoms with E-state index in [0.29, 0.717) is 13.0 Å². The zero-order chi connectivity index (χ0) is 15.5. The van der Waals surface area contributed by atoms with Crippen molar-refractivity contribution < 1.29 is 14.7 Å². The predicted molar refractivity (Wildman–Crippen MR) is 81.2 cm³/mol. The van der Waals surface area contributed by atoms with Gasteiger partial charge in [0.1, 0.15) is 0 Å². The Hall–Kier alpha value is -1.84. The summed E-state index contributed by atoms with van der Waals surface area (Å²) < 4.78 is 0. The molecule has 1 aromatic carbocycles. The number of hydrogen-bond donors (Lipinski definition) is 2. The number of carbonyl (C=O) groups is 2. The Morgan fingerprint density at radius 2 is 2.14 bits per heavy atom. The largest absolute Gasteiger partial charge is 0.478 e. The number of benzene rings is 1. The normalized spacial score (nSPS) is 20.2. The average molecular weight is 289 g/mol. The lowest BCUT2D eigenvalue weighted by molar-refractivity contribution is -0.127. The van der Waals surface area contributed by atoms with Gasteiger partial charge in [0, 0.05) is 12.5 Å². The van der Waals surface area contributed by atoms with Crippen molar-refractivity contribution in [2.24, 2.45) is 11.3 Å². The maximum Gasteiger partial charge on any atom is 0.335 e. The maximum atomic E-state index is 12.2. The fourth-order valence-electron chi connectivity index (χ4n) is 3.13. The van der Waals surface area contributed by atoms with Crippen LogP contribution >= 0.6 is 0 Å². The van der Waals surface area contributed by atoms with Gasteiger partial charge in [-0.1, -0.05) is 32.4 Å². The standard InChI is InChI=1S/C17H23NO3/c1-17(2)9-4-7-14(17)15(19)18-10-8-12-5-3-6-13(11-12)16(20)21/h3,5-6,11,14H,4,7-10H2,1-2H3,(H,18,19)(H,20,21). The second-order valence-corrected chi connectivity index (χ2v) is 6.48. The van der Waals surface area contributed by atoms with Gasteiger partial charge in [0.15, 0.2) is 0 Å². The van der Waals surface area contributed by atoms with Crippen molar-refractivity contribution in [3.63, 3.8) is 0 Å². The molecule has 0 radical (unpaired) electrons. The number of rotatable bonds is 5. The van der Waals surface area contributed by atoms with Crippen LogP contribution < -0.4 is 5.32 Å². The smallest absolute Gasteiger partial charge is 0.335 e. The van der Waals surface area contributed by atoms with Crippen LogP contribution in [-0.4, -0.2) is 23.5 Å². The van der Waals surface area contributed by atoms with Gasteiger partial charge in [-0.3, -0.25) is 4.79 Å². The van der Waals surface area contributed by atoms with Crippen molar-refractivity contribution >= 4 is 11.9 Å². The van der Waals surface area contributed by atoms with E-state index in [9.17, 15) is 9.59 Å². The molecule has 4 nitrogen and oxygen atoms in total. The summed E-state index contributed by atoms with van der Waals surface area (Å²) in [6, 6.07) is 6.86. The molecule has 0 spiro atoms. The molecule has 2 rings (SSSR count). The van der Waals surface area contributed by atoms with Gasteiger partial charge in [-0.05, 0) is 42.4 Å². The molecule has 0 bridgehead atoms. The molecule has 114 valence electrons. The van der Waals surface area contributed by atoms with Gasteiger partial charge in [-0.15, -0.1) is 0 Å². The van der Waals surface area contributed by atoms with Crippen molar-refractivity contribution in [3.8, 4) is 0 Å². The molecular weight excluding hydrogens is 266 g/mol. The van der Waals surface area contributed by atoms with Gasteiger partial charge < -0.3 is 10.4 Å². The minimum atomic E-state index is -0.923. The van der Waals surface area contributed by atoms with Gasteiger partial charge >= 0.3 is 5.97 Å². The van der Waals surface area contributed by atoms with Crippen LogP contribution in [0.1, 0.15) is 49.0 Å². The molecule has 2 N–H and O–H groups in total. The van der Waals surface area contributed by atoms with Crippen LogP contribution in [0.25, 0.3) is 0 Å². The highest BCUT2D eigenvalue weighted by Crippen LogP contribution is 2.42. The van der Waals surface area contributed by atoms with E-state index in [-0.39, 0.29) is 22.8 Å². The van der Waals surface area contributed by atoms with E-state index in [4.69, 9.17) is 5.11 Å². The summed E-state index contributed by atoms with van der Waals surface area (Å²) in [4.78, 5) is 23.1. The number of aromatic carboxylic acids is 1. The first-order valence-corrected chi connectivity index (χ1v) is 7.50. The van der Waals surface area contributed by atoms with Crippen LogP contribution in [0.5, 0.6) is 0 Å². The first-order chi connectivity index (χ1) is 9.90. The molecule has 1 fully saturated rings. The predicted octanol–water partition coefficient (Wildman–Crippen LogP) is 2.87. The van der Waals surface area contributed by atoms with Crippen LogP contribution in [0.4, 0.5) is 0 Å². The second-order valence-electron chi connectivity index (χ2n) is 6.48. The van der Waals surface area contributed by atoms with Crippen LogP contribution in [0, 0.1) is 11.3 Å². The molecule has 1 unspecified atom stereocenters. The molecule has 0 saturated heterocycles. The van der Waals surface area contributed by atoms with Crippen molar-refractivity contribution in [3.05, 3.63) is 35.4 Å². The third-order valence-corrected chi connectivity index (χ3v) is 4.46. The van der Waals surface area contributed by atoms with Gasteiger partial charge in [0.05, 0.1) is 5.56 Å². The first kappa shape index (κ1) is 15.5. The number of hydrogen-bond acceptors (Lipinski definition) is 2. The Morgan fingerprint density at radius 3 is 2.76 bits per heavy atom. The summed E-state index contributed by atoms with van der Waals surface area (Å²) in [6.07, 6.45) is 3.84. The van der Waals surface area contributed by atoms with Crippen LogP contribution in [0.2, 0.25) is 0 Å². The Balaban J connectivity index is 1.85. The van der Waals surface area contributed by atoms with E-state index < -0.39 is 5.97 Å². The molecule has 4 heteroatoms. The topological polar surface area (TPSA) is 66.4 Å². The molecule has 1 aromatic rings. The quantitative estimate of drug-likeness (QED) is 0.876. The van der Waals surface area contributed by atoms with Gasteiger partial charge in [0.25, 0.3) is 0 Å².